The number of anilines is 5. The SMILES string of the molecule is Clc1nccc(Nc2ccnc(Nc3ccc(N4CCCCC4)cc3)n2)n1. The summed E-state index contributed by atoms with van der Waals surface area (Å²) in [6, 6.07) is 11.9. The largest absolute Gasteiger partial charge is 0.372 e. The normalized spacial score (nSPS) is 14.0. The predicted octanol–water partition coefficient (Wildman–Crippen LogP) is 4.40. The first-order chi connectivity index (χ1) is 13.3. The van der Waals surface area contributed by atoms with Crippen LogP contribution < -0.4 is 15.5 Å². The predicted molar refractivity (Wildman–Crippen MR) is 108 cm³/mol. The van der Waals surface area contributed by atoms with Gasteiger partial charge in [0.15, 0.2) is 0 Å². The van der Waals surface area contributed by atoms with E-state index in [1.165, 1.54) is 24.9 Å². The summed E-state index contributed by atoms with van der Waals surface area (Å²) >= 11 is 5.81. The van der Waals surface area contributed by atoms with Gasteiger partial charge in [-0.1, -0.05) is 0 Å². The Morgan fingerprint density at radius 1 is 0.778 bits per heavy atom. The Morgan fingerprint density at radius 2 is 1.48 bits per heavy atom. The summed E-state index contributed by atoms with van der Waals surface area (Å²) in [7, 11) is 0. The van der Waals surface area contributed by atoms with Crippen LogP contribution in [0.1, 0.15) is 19.3 Å². The summed E-state index contributed by atoms with van der Waals surface area (Å²) in [5.74, 6) is 1.70. The molecule has 1 saturated heterocycles. The first kappa shape index (κ1) is 17.5. The van der Waals surface area contributed by atoms with Crippen molar-refractivity contribution in [3.63, 3.8) is 0 Å². The van der Waals surface area contributed by atoms with Gasteiger partial charge in [-0.3, -0.25) is 0 Å². The average molecular weight is 382 g/mol. The molecule has 0 saturated carbocycles. The van der Waals surface area contributed by atoms with Gasteiger partial charge in [0.05, 0.1) is 0 Å². The molecule has 0 spiro atoms. The third-order valence-corrected chi connectivity index (χ3v) is 4.56. The number of rotatable bonds is 5. The fourth-order valence-electron chi connectivity index (χ4n) is 3.06. The van der Waals surface area contributed by atoms with Crippen LogP contribution in [0.25, 0.3) is 0 Å². The van der Waals surface area contributed by atoms with Crippen molar-refractivity contribution in [3.8, 4) is 0 Å². The van der Waals surface area contributed by atoms with Crippen LogP contribution in [0.4, 0.5) is 29.0 Å². The van der Waals surface area contributed by atoms with Crippen LogP contribution in [0.2, 0.25) is 5.28 Å². The third-order valence-electron chi connectivity index (χ3n) is 4.38. The molecule has 138 valence electrons. The Kier molecular flexibility index (Phi) is 5.29. The van der Waals surface area contributed by atoms with E-state index in [0.29, 0.717) is 17.6 Å². The van der Waals surface area contributed by atoms with Crippen molar-refractivity contribution in [2.45, 2.75) is 19.3 Å². The van der Waals surface area contributed by atoms with E-state index in [9.17, 15) is 0 Å². The lowest BCUT2D eigenvalue weighted by molar-refractivity contribution is 0.578. The number of hydrogen-bond donors (Lipinski definition) is 2. The molecule has 0 atom stereocenters. The maximum Gasteiger partial charge on any atom is 0.229 e. The summed E-state index contributed by atoms with van der Waals surface area (Å²) in [4.78, 5) is 19.1. The van der Waals surface area contributed by atoms with Crippen LogP contribution in [0, 0.1) is 0 Å². The lowest BCUT2D eigenvalue weighted by Crippen LogP contribution is -2.29. The Morgan fingerprint density at radius 3 is 2.22 bits per heavy atom. The van der Waals surface area contributed by atoms with E-state index in [1.54, 1.807) is 24.5 Å². The second kappa shape index (κ2) is 8.18. The van der Waals surface area contributed by atoms with E-state index < -0.39 is 0 Å². The Hall–Kier alpha value is -2.93. The van der Waals surface area contributed by atoms with Crippen molar-refractivity contribution in [1.82, 2.24) is 19.9 Å². The summed E-state index contributed by atoms with van der Waals surface area (Å²) in [5.41, 5.74) is 2.20. The molecular formula is C19H20ClN7. The second-order valence-corrected chi connectivity index (χ2v) is 6.66. The van der Waals surface area contributed by atoms with Crippen molar-refractivity contribution in [2.75, 3.05) is 28.6 Å². The summed E-state index contributed by atoms with van der Waals surface area (Å²) in [5, 5.41) is 6.50. The van der Waals surface area contributed by atoms with Crippen LogP contribution in [-0.4, -0.2) is 33.0 Å². The second-order valence-electron chi connectivity index (χ2n) is 6.32. The molecule has 8 heteroatoms. The van der Waals surface area contributed by atoms with E-state index in [4.69, 9.17) is 11.6 Å². The molecule has 2 aromatic heterocycles. The van der Waals surface area contributed by atoms with Crippen LogP contribution in [0.5, 0.6) is 0 Å². The maximum absolute atomic E-state index is 5.81. The Labute approximate surface area is 162 Å². The highest BCUT2D eigenvalue weighted by Crippen LogP contribution is 2.23. The summed E-state index contributed by atoms with van der Waals surface area (Å²) in [6.07, 6.45) is 7.14. The van der Waals surface area contributed by atoms with Crippen LogP contribution in [-0.2, 0) is 0 Å². The minimum Gasteiger partial charge on any atom is -0.372 e. The Balaban J connectivity index is 1.43. The molecule has 0 amide bonds. The standard InChI is InChI=1S/C19H20ClN7/c20-18-21-10-8-16(25-18)24-17-9-11-22-19(26-17)23-14-4-6-15(7-5-14)27-12-2-1-3-13-27/h4-11H,1-3,12-13H2,(H2,21,22,23,24,25,26). The fraction of sp³-hybridized carbons (Fsp3) is 0.263. The average Bonchev–Trinajstić information content (AvgIpc) is 2.70. The molecular weight excluding hydrogens is 362 g/mol. The maximum atomic E-state index is 5.81. The zero-order chi connectivity index (χ0) is 18.5. The molecule has 1 aromatic carbocycles. The van der Waals surface area contributed by atoms with Crippen molar-refractivity contribution in [1.29, 1.82) is 0 Å². The molecule has 0 unspecified atom stereocenters. The van der Waals surface area contributed by atoms with Gasteiger partial charge in [0.2, 0.25) is 11.2 Å². The van der Waals surface area contributed by atoms with Gasteiger partial charge in [-0.2, -0.15) is 4.98 Å². The highest BCUT2D eigenvalue weighted by atomic mass is 35.5. The molecule has 1 aliphatic heterocycles. The molecule has 3 aromatic rings. The minimum atomic E-state index is 0.182. The van der Waals surface area contributed by atoms with E-state index in [1.807, 2.05) is 0 Å². The summed E-state index contributed by atoms with van der Waals surface area (Å²) in [6.45, 7) is 2.27. The molecule has 7 nitrogen and oxygen atoms in total. The number of piperidine rings is 1. The van der Waals surface area contributed by atoms with Gasteiger partial charge in [0.1, 0.15) is 11.6 Å². The van der Waals surface area contributed by atoms with Gasteiger partial charge in [0.25, 0.3) is 0 Å². The number of aromatic nitrogens is 4. The van der Waals surface area contributed by atoms with Gasteiger partial charge in [-0.25, -0.2) is 15.0 Å². The summed E-state index contributed by atoms with van der Waals surface area (Å²) < 4.78 is 0. The van der Waals surface area contributed by atoms with Crippen molar-refractivity contribution >= 4 is 40.6 Å². The first-order valence-corrected chi connectivity index (χ1v) is 9.35. The quantitative estimate of drug-likeness (QED) is 0.634. The first-order valence-electron chi connectivity index (χ1n) is 8.97. The lowest BCUT2D eigenvalue weighted by Gasteiger charge is -2.28. The Bertz CT molecular complexity index is 895. The molecule has 1 aliphatic rings. The zero-order valence-corrected chi connectivity index (χ0v) is 15.5. The van der Waals surface area contributed by atoms with E-state index in [2.05, 4.69) is 59.7 Å². The topological polar surface area (TPSA) is 78.9 Å². The smallest absolute Gasteiger partial charge is 0.229 e. The molecule has 1 fully saturated rings. The number of halogens is 1. The number of hydrogen-bond acceptors (Lipinski definition) is 7. The molecule has 0 aliphatic carbocycles. The number of nitrogens with one attached hydrogen (secondary N) is 2. The van der Waals surface area contributed by atoms with E-state index in [-0.39, 0.29) is 5.28 Å². The number of benzene rings is 1. The fourth-order valence-corrected chi connectivity index (χ4v) is 3.21. The van der Waals surface area contributed by atoms with Gasteiger partial charge < -0.3 is 15.5 Å². The molecule has 4 rings (SSSR count). The lowest BCUT2D eigenvalue weighted by atomic mass is 10.1. The molecule has 3 heterocycles. The van der Waals surface area contributed by atoms with Crippen LogP contribution >= 0.6 is 11.6 Å². The molecule has 0 radical (unpaired) electrons. The third kappa shape index (κ3) is 4.62. The monoisotopic (exact) mass is 381 g/mol. The minimum absolute atomic E-state index is 0.182. The number of nitrogens with zero attached hydrogens (tertiary/aromatic N) is 5. The van der Waals surface area contributed by atoms with Crippen LogP contribution in [0.3, 0.4) is 0 Å². The zero-order valence-electron chi connectivity index (χ0n) is 14.8. The van der Waals surface area contributed by atoms with Gasteiger partial charge in [-0.05, 0) is 67.3 Å². The van der Waals surface area contributed by atoms with E-state index in [0.717, 1.165) is 18.8 Å². The van der Waals surface area contributed by atoms with Crippen molar-refractivity contribution < 1.29 is 0 Å². The van der Waals surface area contributed by atoms with Gasteiger partial charge >= 0.3 is 0 Å². The molecule has 2 N–H and O–H groups in total. The van der Waals surface area contributed by atoms with Crippen molar-refractivity contribution in [2.24, 2.45) is 0 Å². The molecule has 0 bridgehead atoms. The highest BCUT2D eigenvalue weighted by Gasteiger charge is 2.10. The highest BCUT2D eigenvalue weighted by molar-refractivity contribution is 6.28. The molecule has 27 heavy (non-hydrogen) atoms. The van der Waals surface area contributed by atoms with Crippen LogP contribution in [0.15, 0.2) is 48.8 Å². The van der Waals surface area contributed by atoms with Gasteiger partial charge in [-0.15, -0.1) is 0 Å². The van der Waals surface area contributed by atoms with Gasteiger partial charge in [0, 0.05) is 36.9 Å². The van der Waals surface area contributed by atoms with E-state index >= 15 is 0 Å². The van der Waals surface area contributed by atoms with Crippen molar-refractivity contribution in [3.05, 3.63) is 54.1 Å².